The van der Waals surface area contributed by atoms with Gasteiger partial charge in [-0.2, -0.15) is 0 Å². The highest BCUT2D eigenvalue weighted by Crippen LogP contribution is 2.17. The summed E-state index contributed by atoms with van der Waals surface area (Å²) < 4.78 is 0. The quantitative estimate of drug-likeness (QED) is 0.714. The van der Waals surface area contributed by atoms with Gasteiger partial charge >= 0.3 is 0 Å². The Morgan fingerprint density at radius 3 is 2.79 bits per heavy atom. The predicted octanol–water partition coefficient (Wildman–Crippen LogP) is -0.001000. The van der Waals surface area contributed by atoms with Crippen LogP contribution in [0.25, 0.3) is 0 Å². The minimum absolute atomic E-state index is 0.0249. The first-order valence-corrected chi connectivity index (χ1v) is 6.60. The van der Waals surface area contributed by atoms with Crippen LogP contribution in [-0.4, -0.2) is 41.6 Å². The summed E-state index contributed by atoms with van der Waals surface area (Å²) in [6.07, 6.45) is -0.583. The molecule has 1 aliphatic heterocycles. The molecule has 0 saturated carbocycles. The fourth-order valence-corrected chi connectivity index (χ4v) is 2.28. The van der Waals surface area contributed by atoms with Gasteiger partial charge in [-0.1, -0.05) is 24.3 Å². The number of nitrogens with zero attached hydrogens (tertiary/aromatic N) is 1. The van der Waals surface area contributed by atoms with E-state index in [0.29, 0.717) is 19.6 Å². The molecule has 0 aromatic heterocycles. The lowest BCUT2D eigenvalue weighted by atomic mass is 10.1. The summed E-state index contributed by atoms with van der Waals surface area (Å²) in [6.45, 7) is 4.24. The van der Waals surface area contributed by atoms with E-state index >= 15 is 0 Å². The van der Waals surface area contributed by atoms with Crippen LogP contribution < -0.4 is 11.1 Å². The van der Waals surface area contributed by atoms with Crippen LogP contribution in [0.5, 0.6) is 0 Å². The first-order valence-electron chi connectivity index (χ1n) is 6.60. The Bertz CT molecular complexity index is 433. The molecule has 1 heterocycles. The van der Waals surface area contributed by atoms with Crippen molar-refractivity contribution in [3.63, 3.8) is 0 Å². The molecule has 2 unspecified atom stereocenters. The van der Waals surface area contributed by atoms with Crippen molar-refractivity contribution in [3.8, 4) is 0 Å². The van der Waals surface area contributed by atoms with Crippen molar-refractivity contribution in [2.45, 2.75) is 25.6 Å². The van der Waals surface area contributed by atoms with Crippen molar-refractivity contribution >= 4 is 5.91 Å². The third kappa shape index (κ3) is 3.32. The zero-order valence-electron chi connectivity index (χ0n) is 11.2. The van der Waals surface area contributed by atoms with Crippen LogP contribution in [0.15, 0.2) is 24.3 Å². The SMILES string of the molecule is CC1C(=O)NCCN1CC(O)c1ccc(CN)cc1. The summed E-state index contributed by atoms with van der Waals surface area (Å²) >= 11 is 0. The van der Waals surface area contributed by atoms with Gasteiger partial charge in [0, 0.05) is 26.2 Å². The van der Waals surface area contributed by atoms with Gasteiger partial charge in [-0.25, -0.2) is 0 Å². The van der Waals surface area contributed by atoms with Crippen LogP contribution in [0.3, 0.4) is 0 Å². The van der Waals surface area contributed by atoms with Gasteiger partial charge in [0.15, 0.2) is 0 Å². The molecule has 0 radical (unpaired) electrons. The van der Waals surface area contributed by atoms with E-state index in [-0.39, 0.29) is 11.9 Å². The first-order chi connectivity index (χ1) is 9.11. The Morgan fingerprint density at radius 2 is 2.16 bits per heavy atom. The number of carbonyl (C=O) groups excluding carboxylic acids is 1. The first kappa shape index (κ1) is 14.0. The van der Waals surface area contributed by atoms with Crippen molar-refractivity contribution in [1.29, 1.82) is 0 Å². The fraction of sp³-hybridized carbons (Fsp3) is 0.500. The maximum atomic E-state index is 11.6. The molecule has 0 bridgehead atoms. The lowest BCUT2D eigenvalue weighted by Gasteiger charge is -2.34. The molecule has 2 atom stereocenters. The highest BCUT2D eigenvalue weighted by Gasteiger charge is 2.27. The summed E-state index contributed by atoms with van der Waals surface area (Å²) in [6, 6.07) is 7.44. The maximum Gasteiger partial charge on any atom is 0.237 e. The summed E-state index contributed by atoms with van der Waals surface area (Å²) in [7, 11) is 0. The number of aliphatic hydroxyl groups is 1. The molecule has 0 aliphatic carbocycles. The zero-order valence-corrected chi connectivity index (χ0v) is 11.2. The number of nitrogens with one attached hydrogen (secondary N) is 1. The molecule has 1 amide bonds. The highest BCUT2D eigenvalue weighted by atomic mass is 16.3. The van der Waals surface area contributed by atoms with Crippen LogP contribution >= 0.6 is 0 Å². The zero-order chi connectivity index (χ0) is 13.8. The van der Waals surface area contributed by atoms with E-state index in [1.165, 1.54) is 0 Å². The van der Waals surface area contributed by atoms with Gasteiger partial charge in [0.2, 0.25) is 5.91 Å². The highest BCUT2D eigenvalue weighted by molar-refractivity contribution is 5.81. The molecular formula is C14H21N3O2. The standard InChI is InChI=1S/C14H21N3O2/c1-10-14(19)16-6-7-17(10)9-13(18)12-4-2-11(8-15)3-5-12/h2-5,10,13,18H,6-9,15H2,1H3,(H,16,19). The van der Waals surface area contributed by atoms with Crippen LogP contribution in [-0.2, 0) is 11.3 Å². The number of aliphatic hydroxyl groups excluding tert-OH is 1. The van der Waals surface area contributed by atoms with Crippen molar-refractivity contribution in [3.05, 3.63) is 35.4 Å². The number of hydrogen-bond acceptors (Lipinski definition) is 4. The molecule has 0 spiro atoms. The molecule has 5 nitrogen and oxygen atoms in total. The van der Waals surface area contributed by atoms with E-state index in [1.54, 1.807) is 0 Å². The van der Waals surface area contributed by atoms with E-state index in [9.17, 15) is 9.90 Å². The number of amides is 1. The van der Waals surface area contributed by atoms with Crippen LogP contribution in [0.4, 0.5) is 0 Å². The molecule has 104 valence electrons. The van der Waals surface area contributed by atoms with Crippen molar-refractivity contribution < 1.29 is 9.90 Å². The Kier molecular flexibility index (Phi) is 4.52. The van der Waals surface area contributed by atoms with E-state index in [0.717, 1.165) is 17.7 Å². The van der Waals surface area contributed by atoms with E-state index in [4.69, 9.17) is 5.73 Å². The molecular weight excluding hydrogens is 242 g/mol. The monoisotopic (exact) mass is 263 g/mol. The molecule has 5 heteroatoms. The Balaban J connectivity index is 1.99. The molecule has 2 rings (SSSR count). The minimum atomic E-state index is -0.583. The Hall–Kier alpha value is -1.43. The topological polar surface area (TPSA) is 78.6 Å². The molecule has 1 fully saturated rings. The fourth-order valence-electron chi connectivity index (χ4n) is 2.28. The van der Waals surface area contributed by atoms with Gasteiger partial charge in [-0.15, -0.1) is 0 Å². The van der Waals surface area contributed by atoms with E-state index < -0.39 is 6.10 Å². The smallest absolute Gasteiger partial charge is 0.237 e. The van der Waals surface area contributed by atoms with Crippen LogP contribution in [0.1, 0.15) is 24.2 Å². The number of β-amino-alcohol motifs (C(OH)–C–C–N with tert-alkyl or cyclic N) is 1. The van der Waals surface area contributed by atoms with Gasteiger partial charge in [-0.3, -0.25) is 9.69 Å². The second-order valence-corrected chi connectivity index (χ2v) is 4.92. The van der Waals surface area contributed by atoms with Crippen LogP contribution in [0.2, 0.25) is 0 Å². The third-order valence-corrected chi connectivity index (χ3v) is 3.63. The number of nitrogens with two attached hydrogens (primary N) is 1. The molecule has 1 aromatic rings. The lowest BCUT2D eigenvalue weighted by Crippen LogP contribution is -2.54. The number of hydrogen-bond donors (Lipinski definition) is 3. The van der Waals surface area contributed by atoms with Crippen molar-refractivity contribution in [1.82, 2.24) is 10.2 Å². The molecule has 4 N–H and O–H groups in total. The molecule has 1 aliphatic rings. The van der Waals surface area contributed by atoms with Gasteiger partial charge in [0.1, 0.15) is 0 Å². The number of rotatable bonds is 4. The van der Waals surface area contributed by atoms with Crippen molar-refractivity contribution in [2.24, 2.45) is 5.73 Å². The van der Waals surface area contributed by atoms with Gasteiger partial charge in [0.05, 0.1) is 12.1 Å². The Morgan fingerprint density at radius 1 is 1.47 bits per heavy atom. The normalized spacial score (nSPS) is 22.1. The average Bonchev–Trinajstić information content (AvgIpc) is 2.44. The van der Waals surface area contributed by atoms with Gasteiger partial charge in [-0.05, 0) is 18.1 Å². The minimum Gasteiger partial charge on any atom is -0.387 e. The van der Waals surface area contributed by atoms with Gasteiger partial charge in [0.25, 0.3) is 0 Å². The summed E-state index contributed by atoms with van der Waals surface area (Å²) in [5, 5.41) is 13.0. The number of piperazine rings is 1. The lowest BCUT2D eigenvalue weighted by molar-refractivity contribution is -0.128. The van der Waals surface area contributed by atoms with Crippen LogP contribution in [0, 0.1) is 0 Å². The second kappa shape index (κ2) is 6.14. The molecule has 1 aromatic carbocycles. The predicted molar refractivity (Wildman–Crippen MR) is 73.3 cm³/mol. The van der Waals surface area contributed by atoms with E-state index in [2.05, 4.69) is 5.32 Å². The maximum absolute atomic E-state index is 11.6. The summed E-state index contributed by atoms with van der Waals surface area (Å²) in [5.74, 6) is 0.0249. The summed E-state index contributed by atoms with van der Waals surface area (Å²) in [5.41, 5.74) is 7.44. The van der Waals surface area contributed by atoms with E-state index in [1.807, 2.05) is 36.1 Å². The average molecular weight is 263 g/mol. The second-order valence-electron chi connectivity index (χ2n) is 4.92. The molecule has 19 heavy (non-hydrogen) atoms. The summed E-state index contributed by atoms with van der Waals surface area (Å²) in [4.78, 5) is 13.6. The largest absolute Gasteiger partial charge is 0.387 e. The van der Waals surface area contributed by atoms with Gasteiger partial charge < -0.3 is 16.2 Å². The molecule has 1 saturated heterocycles. The Labute approximate surface area is 113 Å². The third-order valence-electron chi connectivity index (χ3n) is 3.63. The number of benzene rings is 1. The number of carbonyl (C=O) groups is 1. The van der Waals surface area contributed by atoms with Crippen molar-refractivity contribution in [2.75, 3.05) is 19.6 Å².